The second-order valence-corrected chi connectivity index (χ2v) is 5.84. The van der Waals surface area contributed by atoms with E-state index < -0.39 is 0 Å². The molecule has 0 spiro atoms. The van der Waals surface area contributed by atoms with Gasteiger partial charge in [0.1, 0.15) is 0 Å². The highest BCUT2D eigenvalue weighted by atomic mass is 16.2. The maximum atomic E-state index is 12.6. The van der Waals surface area contributed by atoms with Crippen molar-refractivity contribution >= 4 is 11.5 Å². The van der Waals surface area contributed by atoms with Gasteiger partial charge in [-0.2, -0.15) is 0 Å². The average Bonchev–Trinajstić information content (AvgIpc) is 2.70. The van der Waals surface area contributed by atoms with Gasteiger partial charge >= 0.3 is 0 Å². The molecule has 2 aliphatic rings. The van der Waals surface area contributed by atoms with Crippen molar-refractivity contribution in [3.05, 3.63) is 77.9 Å². The first-order valence-corrected chi connectivity index (χ1v) is 7.36. The number of nitrogens with zero attached hydrogens (tertiary/aromatic N) is 1. The van der Waals surface area contributed by atoms with Crippen LogP contribution in [0.3, 0.4) is 0 Å². The molecule has 2 heteroatoms. The number of likely N-dealkylation sites (tertiary alicyclic amines) is 1. The summed E-state index contributed by atoms with van der Waals surface area (Å²) in [6.07, 6.45) is 2.24. The standard InChI is InChI=1S/C19H17NO/c1-20-16-12-15(13-8-4-2-5-9-13)18(16)17(19(20)21)14-10-6-3-7-11-14/h2-12,16-18H,1H3/t16-,17+,18+/m0/s1. The number of amides is 1. The number of carbonyl (C=O) groups excluding carboxylic acids is 1. The molecule has 0 N–H and O–H groups in total. The molecule has 0 aromatic heterocycles. The predicted octanol–water partition coefficient (Wildman–Crippen LogP) is 3.32. The number of hydrogen-bond donors (Lipinski definition) is 0. The van der Waals surface area contributed by atoms with Crippen LogP contribution in [0.25, 0.3) is 5.57 Å². The smallest absolute Gasteiger partial charge is 0.231 e. The van der Waals surface area contributed by atoms with E-state index >= 15 is 0 Å². The van der Waals surface area contributed by atoms with Gasteiger partial charge in [0, 0.05) is 13.0 Å². The van der Waals surface area contributed by atoms with Gasteiger partial charge < -0.3 is 4.90 Å². The van der Waals surface area contributed by atoms with Gasteiger partial charge in [0.05, 0.1) is 12.0 Å². The lowest BCUT2D eigenvalue weighted by molar-refractivity contribution is -0.128. The summed E-state index contributed by atoms with van der Waals surface area (Å²) in [5.74, 6) is 0.479. The topological polar surface area (TPSA) is 20.3 Å². The molecule has 1 heterocycles. The van der Waals surface area contributed by atoms with E-state index in [1.54, 1.807) is 0 Å². The van der Waals surface area contributed by atoms with Gasteiger partial charge in [0.2, 0.25) is 5.91 Å². The summed E-state index contributed by atoms with van der Waals surface area (Å²) < 4.78 is 0. The first kappa shape index (κ1) is 12.4. The average molecular weight is 275 g/mol. The zero-order chi connectivity index (χ0) is 14.4. The fourth-order valence-corrected chi connectivity index (χ4v) is 3.64. The molecular weight excluding hydrogens is 258 g/mol. The van der Waals surface area contributed by atoms with Crippen LogP contribution < -0.4 is 0 Å². The first-order chi connectivity index (χ1) is 10.3. The summed E-state index contributed by atoms with van der Waals surface area (Å²) in [5, 5.41) is 0. The molecule has 21 heavy (non-hydrogen) atoms. The van der Waals surface area contributed by atoms with Crippen LogP contribution in [0.5, 0.6) is 0 Å². The molecule has 104 valence electrons. The Labute approximate surface area is 124 Å². The summed E-state index contributed by atoms with van der Waals surface area (Å²) >= 11 is 0. The fraction of sp³-hybridized carbons (Fsp3) is 0.211. The van der Waals surface area contributed by atoms with Crippen molar-refractivity contribution in [2.24, 2.45) is 5.92 Å². The summed E-state index contributed by atoms with van der Waals surface area (Å²) in [4.78, 5) is 14.5. The molecule has 0 radical (unpaired) electrons. The Morgan fingerprint density at radius 1 is 0.905 bits per heavy atom. The molecular formula is C19H17NO. The van der Waals surface area contributed by atoms with Crippen LogP contribution in [0.4, 0.5) is 0 Å². The van der Waals surface area contributed by atoms with Crippen LogP contribution in [0.15, 0.2) is 66.7 Å². The minimum Gasteiger partial charge on any atom is -0.338 e. The summed E-state index contributed by atoms with van der Waals surface area (Å²) in [7, 11) is 1.92. The maximum absolute atomic E-state index is 12.6. The van der Waals surface area contributed by atoms with Gasteiger partial charge in [-0.15, -0.1) is 0 Å². The van der Waals surface area contributed by atoms with E-state index in [4.69, 9.17) is 0 Å². The Morgan fingerprint density at radius 2 is 1.52 bits per heavy atom. The lowest BCUT2D eigenvalue weighted by atomic mass is 9.70. The molecule has 3 atom stereocenters. The van der Waals surface area contributed by atoms with Gasteiger partial charge in [-0.3, -0.25) is 4.79 Å². The number of likely N-dealkylation sites (N-methyl/N-ethyl adjacent to an activating group) is 1. The lowest BCUT2D eigenvalue weighted by Gasteiger charge is -2.35. The minimum atomic E-state index is -0.0404. The van der Waals surface area contributed by atoms with Crippen molar-refractivity contribution in [1.29, 1.82) is 0 Å². The summed E-state index contributed by atoms with van der Waals surface area (Å²) in [6, 6.07) is 20.8. The van der Waals surface area contributed by atoms with Gasteiger partial charge in [-0.25, -0.2) is 0 Å². The lowest BCUT2D eigenvalue weighted by Crippen LogP contribution is -2.35. The molecule has 2 aromatic carbocycles. The molecule has 1 aliphatic carbocycles. The number of fused-ring (bicyclic) bond motifs is 1. The Bertz CT molecular complexity index is 705. The Balaban J connectivity index is 1.76. The third-order valence-corrected chi connectivity index (χ3v) is 4.76. The second-order valence-electron chi connectivity index (χ2n) is 5.84. The molecule has 0 saturated carbocycles. The minimum absolute atomic E-state index is 0.0404. The number of hydrogen-bond acceptors (Lipinski definition) is 1. The molecule has 1 aliphatic heterocycles. The molecule has 2 nitrogen and oxygen atoms in total. The van der Waals surface area contributed by atoms with Gasteiger partial charge in [-0.05, 0) is 16.7 Å². The third kappa shape index (κ3) is 1.75. The molecule has 0 bridgehead atoms. The number of rotatable bonds is 2. The quantitative estimate of drug-likeness (QED) is 0.823. The molecule has 1 fully saturated rings. The van der Waals surface area contributed by atoms with E-state index in [9.17, 15) is 4.79 Å². The Morgan fingerprint density at radius 3 is 2.19 bits per heavy atom. The SMILES string of the molecule is CN1C(=O)[C@H](c2ccccc2)[C@@H]2C(c3ccccc3)=C[C@@H]21. The zero-order valence-corrected chi connectivity index (χ0v) is 11.9. The summed E-state index contributed by atoms with van der Waals surface area (Å²) in [5.41, 5.74) is 3.68. The van der Waals surface area contributed by atoms with Crippen molar-refractivity contribution in [1.82, 2.24) is 4.90 Å². The highest BCUT2D eigenvalue weighted by molar-refractivity contribution is 5.94. The monoisotopic (exact) mass is 275 g/mol. The van der Waals surface area contributed by atoms with E-state index in [1.165, 1.54) is 11.1 Å². The van der Waals surface area contributed by atoms with Crippen molar-refractivity contribution in [2.45, 2.75) is 12.0 Å². The van der Waals surface area contributed by atoms with Crippen LogP contribution in [0.1, 0.15) is 17.0 Å². The zero-order valence-electron chi connectivity index (χ0n) is 11.9. The fourth-order valence-electron chi connectivity index (χ4n) is 3.64. The van der Waals surface area contributed by atoms with Crippen LogP contribution in [-0.2, 0) is 4.79 Å². The highest BCUT2D eigenvalue weighted by Crippen LogP contribution is 2.51. The van der Waals surface area contributed by atoms with Crippen LogP contribution in [-0.4, -0.2) is 23.9 Å². The molecule has 1 amide bonds. The highest BCUT2D eigenvalue weighted by Gasteiger charge is 2.52. The van der Waals surface area contributed by atoms with Crippen LogP contribution in [0, 0.1) is 5.92 Å². The Hall–Kier alpha value is -2.35. The van der Waals surface area contributed by atoms with Gasteiger partial charge in [0.25, 0.3) is 0 Å². The van der Waals surface area contributed by atoms with E-state index in [0.29, 0.717) is 0 Å². The summed E-state index contributed by atoms with van der Waals surface area (Å²) in [6.45, 7) is 0. The van der Waals surface area contributed by atoms with Crippen molar-refractivity contribution in [2.75, 3.05) is 7.05 Å². The van der Waals surface area contributed by atoms with E-state index in [2.05, 4.69) is 42.5 Å². The van der Waals surface area contributed by atoms with Crippen LogP contribution >= 0.6 is 0 Å². The molecule has 2 aromatic rings. The van der Waals surface area contributed by atoms with Crippen LogP contribution in [0.2, 0.25) is 0 Å². The molecule has 1 saturated heterocycles. The van der Waals surface area contributed by atoms with Gasteiger partial charge in [0.15, 0.2) is 0 Å². The first-order valence-electron chi connectivity index (χ1n) is 7.36. The van der Waals surface area contributed by atoms with Crippen molar-refractivity contribution in [3.63, 3.8) is 0 Å². The Kier molecular flexibility index (Phi) is 2.71. The molecule has 4 rings (SSSR count). The van der Waals surface area contributed by atoms with E-state index in [0.717, 1.165) is 5.56 Å². The number of carbonyl (C=O) groups is 1. The number of benzene rings is 2. The maximum Gasteiger partial charge on any atom is 0.231 e. The van der Waals surface area contributed by atoms with E-state index in [1.807, 2.05) is 36.2 Å². The van der Waals surface area contributed by atoms with E-state index in [-0.39, 0.29) is 23.8 Å². The predicted molar refractivity (Wildman–Crippen MR) is 83.7 cm³/mol. The second kappa shape index (κ2) is 4.59. The molecule has 0 unspecified atom stereocenters. The third-order valence-electron chi connectivity index (χ3n) is 4.76. The van der Waals surface area contributed by atoms with Crippen molar-refractivity contribution in [3.8, 4) is 0 Å². The largest absolute Gasteiger partial charge is 0.338 e. The van der Waals surface area contributed by atoms with Crippen molar-refractivity contribution < 1.29 is 4.79 Å². The van der Waals surface area contributed by atoms with Gasteiger partial charge in [-0.1, -0.05) is 66.7 Å². The normalized spacial score (nSPS) is 27.1.